The fourth-order valence-electron chi connectivity index (χ4n) is 1.47. The van der Waals surface area contributed by atoms with Gasteiger partial charge in [-0.1, -0.05) is 6.92 Å². The maximum absolute atomic E-state index is 13.4. The molecule has 100 valence electrons. The summed E-state index contributed by atoms with van der Waals surface area (Å²) < 4.78 is 18.7. The largest absolute Gasteiger partial charge is 0.375 e. The van der Waals surface area contributed by atoms with Crippen molar-refractivity contribution in [3.05, 3.63) is 35.1 Å². The lowest BCUT2D eigenvalue weighted by molar-refractivity contribution is 0.0999. The van der Waals surface area contributed by atoms with Crippen LogP contribution < -0.4 is 11.1 Å². The number of hydrogen-bond donors (Lipinski definition) is 2. The van der Waals surface area contributed by atoms with Crippen LogP contribution >= 0.6 is 0 Å². The number of ether oxygens (including phenoxy) is 1. The zero-order chi connectivity index (χ0) is 13.4. The average Bonchev–Trinajstić information content (AvgIpc) is 2.35. The second-order valence-electron chi connectivity index (χ2n) is 3.97. The topological polar surface area (TPSA) is 64.3 Å². The van der Waals surface area contributed by atoms with Gasteiger partial charge in [0.15, 0.2) is 0 Å². The number of halogens is 1. The Morgan fingerprint density at radius 3 is 2.89 bits per heavy atom. The van der Waals surface area contributed by atoms with E-state index < -0.39 is 5.91 Å². The summed E-state index contributed by atoms with van der Waals surface area (Å²) in [4.78, 5) is 11.0. The Labute approximate surface area is 106 Å². The highest BCUT2D eigenvalue weighted by Gasteiger charge is 2.07. The SMILES string of the molecule is CCCNCCOCc1cc(C(N)=O)ccc1F. The normalized spacial score (nSPS) is 10.6. The molecule has 1 aromatic carbocycles. The average molecular weight is 254 g/mol. The number of rotatable bonds is 8. The number of amides is 1. The Hall–Kier alpha value is -1.46. The van der Waals surface area contributed by atoms with Crippen LogP contribution in [-0.2, 0) is 11.3 Å². The van der Waals surface area contributed by atoms with E-state index in [1.54, 1.807) is 0 Å². The lowest BCUT2D eigenvalue weighted by Crippen LogP contribution is -2.20. The summed E-state index contributed by atoms with van der Waals surface area (Å²) in [6.45, 7) is 4.39. The van der Waals surface area contributed by atoms with E-state index in [0.717, 1.165) is 19.5 Å². The molecule has 4 nitrogen and oxygen atoms in total. The minimum absolute atomic E-state index is 0.140. The van der Waals surface area contributed by atoms with Crippen molar-refractivity contribution in [2.75, 3.05) is 19.7 Å². The summed E-state index contributed by atoms with van der Waals surface area (Å²) in [7, 11) is 0. The van der Waals surface area contributed by atoms with Crippen molar-refractivity contribution in [3.63, 3.8) is 0 Å². The minimum atomic E-state index is -0.569. The van der Waals surface area contributed by atoms with Gasteiger partial charge in [0.1, 0.15) is 5.82 Å². The van der Waals surface area contributed by atoms with Gasteiger partial charge in [0.05, 0.1) is 13.2 Å². The van der Waals surface area contributed by atoms with Crippen LogP contribution in [0.5, 0.6) is 0 Å². The minimum Gasteiger partial charge on any atom is -0.375 e. The van der Waals surface area contributed by atoms with E-state index in [0.29, 0.717) is 17.7 Å². The van der Waals surface area contributed by atoms with Crippen LogP contribution in [0, 0.1) is 5.82 Å². The molecule has 0 aliphatic carbocycles. The van der Waals surface area contributed by atoms with Gasteiger partial charge in [-0.05, 0) is 31.2 Å². The van der Waals surface area contributed by atoms with Crippen molar-refractivity contribution in [2.24, 2.45) is 5.73 Å². The molecule has 0 heterocycles. The van der Waals surface area contributed by atoms with Crippen molar-refractivity contribution < 1.29 is 13.9 Å². The van der Waals surface area contributed by atoms with Crippen LogP contribution in [0.15, 0.2) is 18.2 Å². The molecule has 1 rings (SSSR count). The molecule has 18 heavy (non-hydrogen) atoms. The van der Waals surface area contributed by atoms with Crippen molar-refractivity contribution in [1.82, 2.24) is 5.32 Å². The van der Waals surface area contributed by atoms with Gasteiger partial charge in [0.25, 0.3) is 0 Å². The van der Waals surface area contributed by atoms with Gasteiger partial charge < -0.3 is 15.8 Å². The molecule has 0 saturated heterocycles. The molecule has 0 spiro atoms. The lowest BCUT2D eigenvalue weighted by atomic mass is 10.1. The first-order valence-corrected chi connectivity index (χ1v) is 6.01. The predicted molar refractivity (Wildman–Crippen MR) is 67.7 cm³/mol. The van der Waals surface area contributed by atoms with E-state index in [9.17, 15) is 9.18 Å². The van der Waals surface area contributed by atoms with E-state index in [1.807, 2.05) is 0 Å². The molecule has 0 radical (unpaired) electrons. The zero-order valence-electron chi connectivity index (χ0n) is 10.5. The van der Waals surface area contributed by atoms with Crippen LogP contribution in [0.4, 0.5) is 4.39 Å². The van der Waals surface area contributed by atoms with Crippen LogP contribution in [0.25, 0.3) is 0 Å². The highest BCUT2D eigenvalue weighted by atomic mass is 19.1. The monoisotopic (exact) mass is 254 g/mol. The first-order chi connectivity index (χ1) is 8.65. The molecule has 0 saturated carbocycles. The van der Waals surface area contributed by atoms with Crippen LogP contribution in [0.1, 0.15) is 29.3 Å². The highest BCUT2D eigenvalue weighted by molar-refractivity contribution is 5.92. The van der Waals surface area contributed by atoms with Gasteiger partial charge in [0, 0.05) is 17.7 Å². The molecule has 0 aliphatic rings. The molecule has 0 bridgehead atoms. The zero-order valence-corrected chi connectivity index (χ0v) is 10.5. The summed E-state index contributed by atoms with van der Waals surface area (Å²) in [6.07, 6.45) is 1.06. The van der Waals surface area contributed by atoms with Crippen molar-refractivity contribution >= 4 is 5.91 Å². The highest BCUT2D eigenvalue weighted by Crippen LogP contribution is 2.11. The Bertz CT molecular complexity index is 397. The number of hydrogen-bond acceptors (Lipinski definition) is 3. The van der Waals surface area contributed by atoms with E-state index in [2.05, 4.69) is 12.2 Å². The summed E-state index contributed by atoms with van der Waals surface area (Å²) in [5, 5.41) is 3.17. The Morgan fingerprint density at radius 1 is 1.44 bits per heavy atom. The van der Waals surface area contributed by atoms with E-state index in [-0.39, 0.29) is 12.4 Å². The van der Waals surface area contributed by atoms with E-state index in [1.165, 1.54) is 18.2 Å². The predicted octanol–water partition coefficient (Wildman–Crippen LogP) is 1.44. The molecular weight excluding hydrogens is 235 g/mol. The molecular formula is C13H19FN2O2. The first kappa shape index (κ1) is 14.6. The maximum Gasteiger partial charge on any atom is 0.248 e. The third-order valence-electron chi connectivity index (χ3n) is 2.44. The number of nitrogens with one attached hydrogen (secondary N) is 1. The Balaban J connectivity index is 2.41. The van der Waals surface area contributed by atoms with Gasteiger partial charge in [-0.3, -0.25) is 4.79 Å². The lowest BCUT2D eigenvalue weighted by Gasteiger charge is -2.07. The Morgan fingerprint density at radius 2 is 2.22 bits per heavy atom. The van der Waals surface area contributed by atoms with Crippen LogP contribution in [0.2, 0.25) is 0 Å². The van der Waals surface area contributed by atoms with Gasteiger partial charge in [-0.15, -0.1) is 0 Å². The number of carbonyl (C=O) groups excluding carboxylic acids is 1. The molecule has 0 atom stereocenters. The summed E-state index contributed by atoms with van der Waals surface area (Å²) >= 11 is 0. The first-order valence-electron chi connectivity index (χ1n) is 6.01. The van der Waals surface area contributed by atoms with Gasteiger partial charge in [-0.25, -0.2) is 4.39 Å². The molecule has 3 N–H and O–H groups in total. The molecule has 0 unspecified atom stereocenters. The van der Waals surface area contributed by atoms with Crippen LogP contribution in [0.3, 0.4) is 0 Å². The number of carbonyl (C=O) groups is 1. The van der Waals surface area contributed by atoms with Crippen molar-refractivity contribution in [1.29, 1.82) is 0 Å². The van der Waals surface area contributed by atoms with Crippen molar-refractivity contribution in [2.45, 2.75) is 20.0 Å². The molecule has 1 aromatic rings. The standard InChI is InChI=1S/C13H19FN2O2/c1-2-5-16-6-7-18-9-11-8-10(13(15)17)3-4-12(11)14/h3-4,8,16H,2,5-7,9H2,1H3,(H2,15,17). The molecule has 0 fully saturated rings. The molecule has 1 amide bonds. The maximum atomic E-state index is 13.4. The van der Waals surface area contributed by atoms with Gasteiger partial charge in [-0.2, -0.15) is 0 Å². The number of nitrogens with two attached hydrogens (primary N) is 1. The third kappa shape index (κ3) is 4.81. The third-order valence-corrected chi connectivity index (χ3v) is 2.44. The fraction of sp³-hybridized carbons (Fsp3) is 0.462. The fourth-order valence-corrected chi connectivity index (χ4v) is 1.47. The van der Waals surface area contributed by atoms with E-state index in [4.69, 9.17) is 10.5 Å². The van der Waals surface area contributed by atoms with Gasteiger partial charge in [0.2, 0.25) is 5.91 Å². The van der Waals surface area contributed by atoms with Gasteiger partial charge >= 0.3 is 0 Å². The summed E-state index contributed by atoms with van der Waals surface area (Å²) in [5.41, 5.74) is 5.77. The second kappa shape index (κ2) is 7.79. The molecule has 0 aliphatic heterocycles. The molecule has 0 aromatic heterocycles. The summed E-state index contributed by atoms with van der Waals surface area (Å²) in [6, 6.07) is 4.02. The molecule has 5 heteroatoms. The number of primary amides is 1. The quantitative estimate of drug-likeness (QED) is 0.690. The summed E-state index contributed by atoms with van der Waals surface area (Å²) in [5.74, 6) is -0.956. The number of benzene rings is 1. The van der Waals surface area contributed by atoms with Crippen LogP contribution in [-0.4, -0.2) is 25.6 Å². The van der Waals surface area contributed by atoms with E-state index >= 15 is 0 Å². The Kier molecular flexibility index (Phi) is 6.32. The second-order valence-corrected chi connectivity index (χ2v) is 3.97. The smallest absolute Gasteiger partial charge is 0.248 e. The van der Waals surface area contributed by atoms with Crippen molar-refractivity contribution in [3.8, 4) is 0 Å².